The Kier molecular flexibility index (Phi) is 6.39. The minimum Gasteiger partial charge on any atom is -0.383 e. The van der Waals surface area contributed by atoms with Gasteiger partial charge in [-0.1, -0.05) is 11.6 Å². The number of sulfonamides is 1. The summed E-state index contributed by atoms with van der Waals surface area (Å²) >= 11 is 5.75. The van der Waals surface area contributed by atoms with Gasteiger partial charge >= 0.3 is 0 Å². The molecular formula is C13H20ClN3O4S. The molecule has 0 spiro atoms. The Hall–Kier alpha value is -0.930. The van der Waals surface area contributed by atoms with Crippen LogP contribution in [-0.2, 0) is 19.5 Å². The molecule has 9 heteroatoms. The van der Waals surface area contributed by atoms with Gasteiger partial charge in [0.2, 0.25) is 10.0 Å². The van der Waals surface area contributed by atoms with Crippen molar-refractivity contribution in [1.82, 2.24) is 9.71 Å². The minimum atomic E-state index is -3.72. The molecule has 124 valence electrons. The first-order chi connectivity index (χ1) is 10.5. The molecule has 1 aromatic rings. The second-order valence-corrected chi connectivity index (χ2v) is 7.17. The quantitative estimate of drug-likeness (QED) is 0.683. The molecule has 0 saturated carbocycles. The second-order valence-electron chi connectivity index (χ2n) is 5.00. The molecule has 1 aliphatic heterocycles. The molecule has 0 unspecified atom stereocenters. The maximum atomic E-state index is 12.1. The number of hydrogen-bond acceptors (Lipinski definition) is 6. The van der Waals surface area contributed by atoms with Crippen LogP contribution in [0.15, 0.2) is 17.2 Å². The molecule has 2 heterocycles. The third-order valence-corrected chi connectivity index (χ3v) is 4.92. The van der Waals surface area contributed by atoms with Crippen molar-refractivity contribution < 1.29 is 17.9 Å². The van der Waals surface area contributed by atoms with E-state index >= 15 is 0 Å². The van der Waals surface area contributed by atoms with Crippen LogP contribution in [-0.4, -0.2) is 45.9 Å². The molecule has 0 bridgehead atoms. The monoisotopic (exact) mass is 349 g/mol. The fourth-order valence-corrected chi connectivity index (χ4v) is 3.50. The average Bonchev–Trinajstić information content (AvgIpc) is 2.98. The summed E-state index contributed by atoms with van der Waals surface area (Å²) in [6.45, 7) is 2.06. The predicted molar refractivity (Wildman–Crippen MR) is 83.3 cm³/mol. The predicted octanol–water partition coefficient (Wildman–Crippen LogP) is 1.18. The van der Waals surface area contributed by atoms with Gasteiger partial charge in [0.05, 0.1) is 17.7 Å². The molecule has 3 N–H and O–H groups in total. The third-order valence-electron chi connectivity index (χ3n) is 3.22. The van der Waals surface area contributed by atoms with Crippen molar-refractivity contribution in [3.8, 4) is 0 Å². The van der Waals surface area contributed by atoms with Gasteiger partial charge < -0.3 is 15.2 Å². The maximum absolute atomic E-state index is 12.1. The van der Waals surface area contributed by atoms with E-state index in [-0.39, 0.29) is 28.4 Å². The number of hydrogen-bond donors (Lipinski definition) is 2. The Bertz CT molecular complexity index is 591. The molecule has 1 fully saturated rings. The normalized spacial score (nSPS) is 18.7. The zero-order valence-corrected chi connectivity index (χ0v) is 13.7. The number of nitrogens with one attached hydrogen (secondary N) is 1. The van der Waals surface area contributed by atoms with Gasteiger partial charge in [0, 0.05) is 26.0 Å². The molecule has 1 aliphatic rings. The number of pyridine rings is 1. The van der Waals surface area contributed by atoms with Crippen LogP contribution in [0.2, 0.25) is 5.02 Å². The van der Waals surface area contributed by atoms with Gasteiger partial charge in [-0.15, -0.1) is 0 Å². The van der Waals surface area contributed by atoms with Crippen molar-refractivity contribution in [2.75, 3.05) is 32.1 Å². The van der Waals surface area contributed by atoms with Gasteiger partial charge in [-0.25, -0.2) is 18.1 Å². The number of aromatic nitrogens is 1. The van der Waals surface area contributed by atoms with Crippen molar-refractivity contribution >= 4 is 27.4 Å². The number of nitrogen functional groups attached to an aromatic ring is 1. The summed E-state index contributed by atoms with van der Waals surface area (Å²) in [5.74, 6) is -0.0773. The molecule has 0 radical (unpaired) electrons. The number of rotatable bonds is 8. The van der Waals surface area contributed by atoms with E-state index in [0.29, 0.717) is 19.6 Å². The summed E-state index contributed by atoms with van der Waals surface area (Å²) in [5, 5.41) is 0.217. The molecule has 2 rings (SSSR count). The lowest BCUT2D eigenvalue weighted by Gasteiger charge is -2.11. The second kappa shape index (κ2) is 8.07. The van der Waals surface area contributed by atoms with Crippen molar-refractivity contribution in [2.24, 2.45) is 0 Å². The highest BCUT2D eigenvalue weighted by atomic mass is 35.5. The van der Waals surface area contributed by atoms with Crippen LogP contribution >= 0.6 is 11.6 Å². The van der Waals surface area contributed by atoms with Crippen LogP contribution in [0.3, 0.4) is 0 Å². The molecule has 1 aromatic heterocycles. The number of halogens is 1. The van der Waals surface area contributed by atoms with E-state index in [1.807, 2.05) is 0 Å². The van der Waals surface area contributed by atoms with Gasteiger partial charge in [0.25, 0.3) is 0 Å². The number of nitrogens with two attached hydrogens (primary N) is 1. The van der Waals surface area contributed by atoms with Crippen LogP contribution in [0.5, 0.6) is 0 Å². The van der Waals surface area contributed by atoms with E-state index in [2.05, 4.69) is 9.71 Å². The first-order valence-electron chi connectivity index (χ1n) is 7.09. The van der Waals surface area contributed by atoms with Crippen LogP contribution in [0.4, 0.5) is 5.82 Å². The van der Waals surface area contributed by atoms with Crippen molar-refractivity contribution in [2.45, 2.75) is 30.3 Å². The third kappa shape index (κ3) is 5.06. The molecule has 1 saturated heterocycles. The Balaban J connectivity index is 1.72. The van der Waals surface area contributed by atoms with Crippen molar-refractivity contribution in [3.63, 3.8) is 0 Å². The van der Waals surface area contributed by atoms with Crippen molar-refractivity contribution in [3.05, 3.63) is 17.3 Å². The Morgan fingerprint density at radius 1 is 1.55 bits per heavy atom. The smallest absolute Gasteiger partial charge is 0.244 e. The highest BCUT2D eigenvalue weighted by molar-refractivity contribution is 7.89. The van der Waals surface area contributed by atoms with E-state index < -0.39 is 10.0 Å². The van der Waals surface area contributed by atoms with Crippen LogP contribution in [0.25, 0.3) is 0 Å². The Morgan fingerprint density at radius 2 is 2.36 bits per heavy atom. The summed E-state index contributed by atoms with van der Waals surface area (Å²) in [5.41, 5.74) is 5.57. The zero-order valence-electron chi connectivity index (χ0n) is 12.1. The van der Waals surface area contributed by atoms with E-state index in [0.717, 1.165) is 19.4 Å². The number of nitrogens with zero attached hydrogens (tertiary/aromatic N) is 1. The summed E-state index contributed by atoms with van der Waals surface area (Å²) in [6.07, 6.45) is 4.12. The van der Waals surface area contributed by atoms with E-state index in [9.17, 15) is 8.42 Å². The van der Waals surface area contributed by atoms with Crippen LogP contribution < -0.4 is 10.5 Å². The van der Waals surface area contributed by atoms with Crippen molar-refractivity contribution in [1.29, 1.82) is 0 Å². The fraction of sp³-hybridized carbons (Fsp3) is 0.615. The van der Waals surface area contributed by atoms with Gasteiger partial charge in [-0.05, 0) is 25.3 Å². The maximum Gasteiger partial charge on any atom is 0.244 e. The zero-order chi connectivity index (χ0) is 16.0. The van der Waals surface area contributed by atoms with Gasteiger partial charge in [-0.3, -0.25) is 0 Å². The molecule has 7 nitrogen and oxygen atoms in total. The molecule has 0 aromatic carbocycles. The lowest BCUT2D eigenvalue weighted by Crippen LogP contribution is -2.27. The first-order valence-corrected chi connectivity index (χ1v) is 8.95. The summed E-state index contributed by atoms with van der Waals surface area (Å²) < 4.78 is 37.5. The SMILES string of the molecule is Nc1ncc(Cl)cc1S(=O)(=O)NCCCOC[C@@H]1CCCO1. The minimum absolute atomic E-state index is 0.0773. The van der Waals surface area contributed by atoms with Gasteiger partial charge in [-0.2, -0.15) is 0 Å². The topological polar surface area (TPSA) is 104 Å². The molecule has 1 atom stereocenters. The lowest BCUT2D eigenvalue weighted by atomic mass is 10.2. The summed E-state index contributed by atoms with van der Waals surface area (Å²) in [4.78, 5) is 3.62. The summed E-state index contributed by atoms with van der Waals surface area (Å²) in [6, 6.07) is 1.28. The Labute approximate surface area is 135 Å². The lowest BCUT2D eigenvalue weighted by molar-refractivity contribution is 0.0169. The fourth-order valence-electron chi connectivity index (χ4n) is 2.10. The summed E-state index contributed by atoms with van der Waals surface area (Å²) in [7, 11) is -3.72. The first kappa shape index (κ1) is 17.4. The highest BCUT2D eigenvalue weighted by Gasteiger charge is 2.18. The van der Waals surface area contributed by atoms with Crippen LogP contribution in [0.1, 0.15) is 19.3 Å². The van der Waals surface area contributed by atoms with Crippen LogP contribution in [0, 0.1) is 0 Å². The molecule has 22 heavy (non-hydrogen) atoms. The largest absolute Gasteiger partial charge is 0.383 e. The highest BCUT2D eigenvalue weighted by Crippen LogP contribution is 2.19. The van der Waals surface area contributed by atoms with Gasteiger partial charge in [0.15, 0.2) is 0 Å². The number of anilines is 1. The van der Waals surface area contributed by atoms with Gasteiger partial charge in [0.1, 0.15) is 10.7 Å². The standard InChI is InChI=1S/C13H20ClN3O4S/c14-10-7-12(13(15)16-8-10)22(18,19)17-4-2-5-20-9-11-3-1-6-21-11/h7-8,11,17H,1-6,9H2,(H2,15,16)/t11-/m0/s1. The number of ether oxygens (including phenoxy) is 2. The molecular weight excluding hydrogens is 330 g/mol. The molecule has 0 aliphatic carbocycles. The average molecular weight is 350 g/mol. The van der Waals surface area contributed by atoms with E-state index in [4.69, 9.17) is 26.8 Å². The Morgan fingerprint density at radius 3 is 3.09 bits per heavy atom. The van der Waals surface area contributed by atoms with E-state index in [1.54, 1.807) is 0 Å². The van der Waals surface area contributed by atoms with E-state index in [1.165, 1.54) is 12.3 Å². The molecule has 0 amide bonds.